The summed E-state index contributed by atoms with van der Waals surface area (Å²) >= 11 is 0. The second-order valence-electron chi connectivity index (χ2n) is 5.82. The Morgan fingerprint density at radius 1 is 1.19 bits per heavy atom. The monoisotopic (exact) mass is 377 g/mol. The van der Waals surface area contributed by atoms with Gasteiger partial charge in [0.1, 0.15) is 5.82 Å². The van der Waals surface area contributed by atoms with Gasteiger partial charge in [0.15, 0.2) is 0 Å². The standard InChI is InChI=1S/C18H17F2N3O2S/c1-12-5-6-14(9-16(12)19)26(24,25)23-11-13(10-21-2)8-17(23)15-4-3-7-22-18(15)20/h3-9,11,21H,10H2,1-2H3. The third-order valence-electron chi connectivity index (χ3n) is 3.96. The molecule has 26 heavy (non-hydrogen) atoms. The molecule has 2 heterocycles. The zero-order valence-electron chi connectivity index (χ0n) is 14.2. The van der Waals surface area contributed by atoms with Crippen LogP contribution in [0.25, 0.3) is 11.3 Å². The van der Waals surface area contributed by atoms with Crippen LogP contribution in [0.15, 0.2) is 53.7 Å². The highest BCUT2D eigenvalue weighted by Crippen LogP contribution is 2.28. The van der Waals surface area contributed by atoms with Crippen molar-refractivity contribution in [3.8, 4) is 11.3 Å². The van der Waals surface area contributed by atoms with Crippen molar-refractivity contribution in [1.82, 2.24) is 14.3 Å². The van der Waals surface area contributed by atoms with Gasteiger partial charge in [0.25, 0.3) is 10.0 Å². The highest BCUT2D eigenvalue weighted by molar-refractivity contribution is 7.90. The van der Waals surface area contributed by atoms with Gasteiger partial charge in [0, 0.05) is 18.9 Å². The quantitative estimate of drug-likeness (QED) is 0.694. The molecule has 0 radical (unpaired) electrons. The van der Waals surface area contributed by atoms with E-state index < -0.39 is 21.8 Å². The maximum Gasteiger partial charge on any atom is 0.268 e. The molecule has 1 N–H and O–H groups in total. The van der Waals surface area contributed by atoms with Crippen molar-refractivity contribution in [2.75, 3.05) is 7.05 Å². The molecule has 3 aromatic rings. The van der Waals surface area contributed by atoms with E-state index in [9.17, 15) is 17.2 Å². The fourth-order valence-corrected chi connectivity index (χ4v) is 4.02. The lowest BCUT2D eigenvalue weighted by molar-refractivity contribution is 0.579. The molecular weight excluding hydrogens is 360 g/mol. The van der Waals surface area contributed by atoms with E-state index in [0.29, 0.717) is 17.7 Å². The summed E-state index contributed by atoms with van der Waals surface area (Å²) in [5, 5.41) is 2.92. The van der Waals surface area contributed by atoms with Crippen molar-refractivity contribution in [2.45, 2.75) is 18.4 Å². The van der Waals surface area contributed by atoms with Gasteiger partial charge in [-0.05, 0) is 55.4 Å². The lowest BCUT2D eigenvalue weighted by atomic mass is 10.2. The number of halogens is 2. The molecule has 0 amide bonds. The minimum absolute atomic E-state index is 0.0472. The van der Waals surface area contributed by atoms with E-state index in [1.54, 1.807) is 20.0 Å². The first-order chi connectivity index (χ1) is 12.3. The summed E-state index contributed by atoms with van der Waals surface area (Å²) < 4.78 is 55.1. The number of hydrogen-bond acceptors (Lipinski definition) is 4. The molecule has 0 atom stereocenters. The van der Waals surface area contributed by atoms with Crippen LogP contribution in [0, 0.1) is 18.7 Å². The molecule has 0 unspecified atom stereocenters. The molecule has 0 aliphatic carbocycles. The molecule has 1 aromatic carbocycles. The molecule has 2 aromatic heterocycles. The van der Waals surface area contributed by atoms with Gasteiger partial charge in [-0.1, -0.05) is 6.07 Å². The van der Waals surface area contributed by atoms with Crippen LogP contribution in [0.4, 0.5) is 8.78 Å². The summed E-state index contributed by atoms with van der Waals surface area (Å²) in [4.78, 5) is 3.37. The first-order valence-corrected chi connectivity index (χ1v) is 9.27. The second kappa shape index (κ2) is 6.97. The predicted molar refractivity (Wildman–Crippen MR) is 94.1 cm³/mol. The number of nitrogens with one attached hydrogen (secondary N) is 1. The molecule has 8 heteroatoms. The number of aryl methyl sites for hydroxylation is 1. The van der Waals surface area contributed by atoms with E-state index in [-0.39, 0.29) is 16.2 Å². The van der Waals surface area contributed by atoms with Gasteiger partial charge < -0.3 is 5.32 Å². The Labute approximate surface area is 150 Å². The molecule has 136 valence electrons. The number of rotatable bonds is 5. The summed E-state index contributed by atoms with van der Waals surface area (Å²) in [5.41, 5.74) is 1.15. The number of aromatic nitrogens is 2. The van der Waals surface area contributed by atoms with Crippen molar-refractivity contribution in [3.05, 3.63) is 71.7 Å². The summed E-state index contributed by atoms with van der Waals surface area (Å²) in [6.45, 7) is 1.93. The van der Waals surface area contributed by atoms with Crippen LogP contribution < -0.4 is 5.32 Å². The molecule has 0 aliphatic rings. The summed E-state index contributed by atoms with van der Waals surface area (Å²) in [6.07, 6.45) is 2.68. The Hall–Kier alpha value is -2.58. The topological polar surface area (TPSA) is 64.0 Å². The van der Waals surface area contributed by atoms with E-state index in [1.165, 1.54) is 36.7 Å². The van der Waals surface area contributed by atoms with Crippen molar-refractivity contribution < 1.29 is 17.2 Å². The van der Waals surface area contributed by atoms with Crippen molar-refractivity contribution in [1.29, 1.82) is 0 Å². The molecule has 3 rings (SSSR count). The number of pyridine rings is 1. The van der Waals surface area contributed by atoms with Crippen molar-refractivity contribution in [2.24, 2.45) is 0 Å². The molecule has 0 bridgehead atoms. The maximum absolute atomic E-state index is 14.2. The molecule has 0 aliphatic heterocycles. The average Bonchev–Trinajstić information content (AvgIpc) is 3.02. The third-order valence-corrected chi connectivity index (χ3v) is 5.63. The first kappa shape index (κ1) is 18.2. The van der Waals surface area contributed by atoms with E-state index >= 15 is 0 Å². The molecule has 0 spiro atoms. The summed E-state index contributed by atoms with van der Waals surface area (Å²) in [5.74, 6) is -1.41. The van der Waals surface area contributed by atoms with Crippen LogP contribution in [-0.4, -0.2) is 24.4 Å². The van der Waals surface area contributed by atoms with Crippen LogP contribution in [0.2, 0.25) is 0 Å². The van der Waals surface area contributed by atoms with Gasteiger partial charge in [-0.25, -0.2) is 21.8 Å². The lowest BCUT2D eigenvalue weighted by Gasteiger charge is -2.11. The minimum Gasteiger partial charge on any atom is -0.316 e. The van der Waals surface area contributed by atoms with Gasteiger partial charge in [-0.15, -0.1) is 0 Å². The van der Waals surface area contributed by atoms with Gasteiger partial charge in [-0.2, -0.15) is 4.39 Å². The third kappa shape index (κ3) is 3.25. The van der Waals surface area contributed by atoms with Crippen LogP contribution in [0.5, 0.6) is 0 Å². The fraction of sp³-hybridized carbons (Fsp3) is 0.167. The number of hydrogen-bond donors (Lipinski definition) is 1. The van der Waals surface area contributed by atoms with Crippen LogP contribution in [-0.2, 0) is 16.6 Å². The Bertz CT molecular complexity index is 1060. The van der Waals surface area contributed by atoms with E-state index in [4.69, 9.17) is 0 Å². The van der Waals surface area contributed by atoms with Gasteiger partial charge in [-0.3, -0.25) is 0 Å². The SMILES string of the molecule is CNCc1cc(-c2cccnc2F)n(S(=O)(=O)c2ccc(C)c(F)c2)c1. The van der Waals surface area contributed by atoms with Crippen LogP contribution in [0.1, 0.15) is 11.1 Å². The lowest BCUT2D eigenvalue weighted by Crippen LogP contribution is -2.14. The molecule has 0 fully saturated rings. The molecular formula is C18H17F2N3O2S. The smallest absolute Gasteiger partial charge is 0.268 e. The van der Waals surface area contributed by atoms with E-state index in [2.05, 4.69) is 10.3 Å². The second-order valence-corrected chi connectivity index (χ2v) is 7.63. The Kier molecular flexibility index (Phi) is 4.88. The maximum atomic E-state index is 14.2. The largest absolute Gasteiger partial charge is 0.316 e. The summed E-state index contributed by atoms with van der Waals surface area (Å²) in [6, 6.07) is 8.22. The fourth-order valence-electron chi connectivity index (χ4n) is 2.62. The molecule has 0 saturated carbocycles. The van der Waals surface area contributed by atoms with Gasteiger partial charge in [0.2, 0.25) is 5.95 Å². The minimum atomic E-state index is -4.12. The van der Waals surface area contributed by atoms with E-state index in [1.807, 2.05) is 0 Å². The van der Waals surface area contributed by atoms with Gasteiger partial charge >= 0.3 is 0 Å². The number of benzene rings is 1. The molecule has 5 nitrogen and oxygen atoms in total. The van der Waals surface area contributed by atoms with Crippen molar-refractivity contribution in [3.63, 3.8) is 0 Å². The predicted octanol–water partition coefficient (Wildman–Crippen LogP) is 3.09. The molecule has 0 saturated heterocycles. The average molecular weight is 377 g/mol. The van der Waals surface area contributed by atoms with Crippen LogP contribution >= 0.6 is 0 Å². The highest BCUT2D eigenvalue weighted by atomic mass is 32.2. The zero-order valence-corrected chi connectivity index (χ0v) is 15.0. The zero-order chi connectivity index (χ0) is 18.9. The summed E-state index contributed by atoms with van der Waals surface area (Å²) in [7, 11) is -2.40. The first-order valence-electron chi connectivity index (χ1n) is 7.83. The van der Waals surface area contributed by atoms with E-state index in [0.717, 1.165) is 10.0 Å². The van der Waals surface area contributed by atoms with Gasteiger partial charge in [0.05, 0.1) is 16.2 Å². The Balaban J connectivity index is 2.23. The van der Waals surface area contributed by atoms with Crippen molar-refractivity contribution >= 4 is 10.0 Å². The Morgan fingerprint density at radius 2 is 1.96 bits per heavy atom. The number of nitrogens with zero attached hydrogens (tertiary/aromatic N) is 2. The Morgan fingerprint density at radius 3 is 2.62 bits per heavy atom. The highest BCUT2D eigenvalue weighted by Gasteiger charge is 2.24. The van der Waals surface area contributed by atoms with Crippen LogP contribution in [0.3, 0.4) is 0 Å². The normalized spacial score (nSPS) is 11.7.